The normalized spacial score (nSPS) is 22.8. The second-order valence-corrected chi connectivity index (χ2v) is 11.3. The van der Waals surface area contributed by atoms with Crippen LogP contribution in [0.15, 0.2) is 103 Å². The molecule has 0 bridgehead atoms. The highest BCUT2D eigenvalue weighted by atomic mass is 16.5. The van der Waals surface area contributed by atoms with Crippen LogP contribution >= 0.6 is 0 Å². The number of rotatable bonds is 11. The zero-order valence-electron chi connectivity index (χ0n) is 24.0. The van der Waals surface area contributed by atoms with Crippen molar-refractivity contribution in [3.63, 3.8) is 0 Å². The van der Waals surface area contributed by atoms with Crippen molar-refractivity contribution in [2.75, 3.05) is 13.7 Å². The first kappa shape index (κ1) is 28.8. The van der Waals surface area contributed by atoms with E-state index in [2.05, 4.69) is 78.9 Å². The molecule has 5 nitrogen and oxygen atoms in total. The molecule has 0 spiro atoms. The lowest BCUT2D eigenvalue weighted by atomic mass is 9.79. The standard InChI is InChI=1S/C36H40O5/c1-26(37)41-34-24-28-22-27(14-12-13-21-35(38)39-2)23-32(28)33(34)25-40-36(29-15-6-3-7-16-29,30-17-8-4-9-18-30)31-19-10-5-11-20-31/h3-11,14-20,28,32-34H,12-13,21-25H2,1-2H3/b27-14+/t28-,32-,33-,34-/m1/s1. The third-order valence-electron chi connectivity index (χ3n) is 8.79. The van der Waals surface area contributed by atoms with E-state index in [-0.39, 0.29) is 24.0 Å². The first-order chi connectivity index (χ1) is 20.0. The lowest BCUT2D eigenvalue weighted by molar-refractivity contribution is -0.150. The van der Waals surface area contributed by atoms with Gasteiger partial charge in [0.2, 0.25) is 0 Å². The number of carbonyl (C=O) groups excluding carboxylic acids is 2. The van der Waals surface area contributed by atoms with Gasteiger partial charge >= 0.3 is 11.9 Å². The van der Waals surface area contributed by atoms with Gasteiger partial charge in [0, 0.05) is 19.3 Å². The van der Waals surface area contributed by atoms with Crippen LogP contribution in [0.3, 0.4) is 0 Å². The van der Waals surface area contributed by atoms with E-state index < -0.39 is 5.60 Å². The molecular weight excluding hydrogens is 512 g/mol. The van der Waals surface area contributed by atoms with Crippen LogP contribution in [0.5, 0.6) is 0 Å². The first-order valence-corrected chi connectivity index (χ1v) is 14.7. The molecule has 2 saturated carbocycles. The van der Waals surface area contributed by atoms with E-state index in [0.717, 1.165) is 48.8 Å². The topological polar surface area (TPSA) is 61.8 Å². The van der Waals surface area contributed by atoms with Crippen molar-refractivity contribution < 1.29 is 23.8 Å². The Bertz CT molecular complexity index is 1220. The molecule has 0 heterocycles. The van der Waals surface area contributed by atoms with Gasteiger partial charge in [0.05, 0.1) is 13.7 Å². The van der Waals surface area contributed by atoms with E-state index in [1.54, 1.807) is 0 Å². The number of carbonyl (C=O) groups is 2. The predicted molar refractivity (Wildman–Crippen MR) is 159 cm³/mol. The molecule has 0 unspecified atom stereocenters. The van der Waals surface area contributed by atoms with Gasteiger partial charge < -0.3 is 14.2 Å². The summed E-state index contributed by atoms with van der Waals surface area (Å²) in [6, 6.07) is 31.2. The third kappa shape index (κ3) is 6.46. The average molecular weight is 553 g/mol. The Labute approximate surface area is 243 Å². The maximum absolute atomic E-state index is 12.1. The van der Waals surface area contributed by atoms with Gasteiger partial charge in [-0.25, -0.2) is 0 Å². The van der Waals surface area contributed by atoms with E-state index in [1.807, 2.05) is 18.2 Å². The summed E-state index contributed by atoms with van der Waals surface area (Å²) in [6.07, 6.45) is 7.10. The van der Waals surface area contributed by atoms with Crippen molar-refractivity contribution in [1.82, 2.24) is 0 Å². The zero-order valence-corrected chi connectivity index (χ0v) is 24.0. The minimum absolute atomic E-state index is 0.0837. The Balaban J connectivity index is 1.44. The molecule has 0 radical (unpaired) electrons. The minimum atomic E-state index is -0.812. The summed E-state index contributed by atoms with van der Waals surface area (Å²) in [5, 5.41) is 0. The molecule has 5 heteroatoms. The number of methoxy groups -OCH3 is 1. The number of benzene rings is 3. The van der Waals surface area contributed by atoms with E-state index in [9.17, 15) is 9.59 Å². The van der Waals surface area contributed by atoms with Crippen molar-refractivity contribution in [1.29, 1.82) is 0 Å². The van der Waals surface area contributed by atoms with Crippen molar-refractivity contribution in [2.45, 2.75) is 57.2 Å². The van der Waals surface area contributed by atoms with Crippen molar-refractivity contribution >= 4 is 11.9 Å². The van der Waals surface area contributed by atoms with Crippen molar-refractivity contribution in [2.24, 2.45) is 17.8 Å². The minimum Gasteiger partial charge on any atom is -0.469 e. The highest BCUT2D eigenvalue weighted by Gasteiger charge is 2.50. The summed E-state index contributed by atoms with van der Waals surface area (Å²) >= 11 is 0. The Morgan fingerprint density at radius 1 is 0.854 bits per heavy atom. The Morgan fingerprint density at radius 3 is 1.93 bits per heavy atom. The van der Waals surface area contributed by atoms with Crippen molar-refractivity contribution in [3.05, 3.63) is 119 Å². The molecule has 214 valence electrons. The zero-order chi connectivity index (χ0) is 28.7. The van der Waals surface area contributed by atoms with E-state index in [1.165, 1.54) is 19.6 Å². The lowest BCUT2D eigenvalue weighted by Crippen LogP contribution is -2.37. The van der Waals surface area contributed by atoms with E-state index in [4.69, 9.17) is 14.2 Å². The van der Waals surface area contributed by atoms with Crippen LogP contribution in [-0.4, -0.2) is 31.8 Å². The molecule has 41 heavy (non-hydrogen) atoms. The molecule has 0 amide bonds. The van der Waals surface area contributed by atoms with Gasteiger partial charge in [0.1, 0.15) is 11.7 Å². The molecule has 2 aliphatic carbocycles. The maximum Gasteiger partial charge on any atom is 0.305 e. The van der Waals surface area contributed by atoms with Crippen LogP contribution in [0.25, 0.3) is 0 Å². The lowest BCUT2D eigenvalue weighted by Gasteiger charge is -2.38. The van der Waals surface area contributed by atoms with E-state index >= 15 is 0 Å². The number of hydrogen-bond donors (Lipinski definition) is 0. The molecule has 2 aliphatic rings. The SMILES string of the molecule is COC(=O)CCC/C=C1\C[C@@H]2C[C@@H](OC(C)=O)[C@H](COC(c3ccccc3)(c3ccccc3)c3ccccc3)[C@@H]2C1. The summed E-state index contributed by atoms with van der Waals surface area (Å²) in [5.41, 5.74) is 3.82. The number of esters is 2. The molecule has 0 aliphatic heterocycles. The fraction of sp³-hybridized carbons (Fsp3) is 0.389. The van der Waals surface area contributed by atoms with Gasteiger partial charge in [-0.3, -0.25) is 9.59 Å². The number of hydrogen-bond acceptors (Lipinski definition) is 5. The average Bonchev–Trinajstić information content (AvgIpc) is 3.54. The number of allylic oxidation sites excluding steroid dienone is 2. The number of fused-ring (bicyclic) bond motifs is 1. The molecule has 3 aromatic rings. The fourth-order valence-electron chi connectivity index (χ4n) is 6.94. The summed E-state index contributed by atoms with van der Waals surface area (Å²) in [5.74, 6) is 0.525. The second-order valence-electron chi connectivity index (χ2n) is 11.3. The van der Waals surface area contributed by atoms with Gasteiger partial charge in [-0.1, -0.05) is 103 Å². The van der Waals surface area contributed by atoms with Crippen LogP contribution < -0.4 is 0 Å². The molecule has 0 saturated heterocycles. The van der Waals surface area contributed by atoms with E-state index in [0.29, 0.717) is 24.9 Å². The molecular formula is C36H40O5. The molecule has 3 aromatic carbocycles. The van der Waals surface area contributed by atoms with Gasteiger partial charge in [-0.05, 0) is 60.6 Å². The Morgan fingerprint density at radius 2 is 1.41 bits per heavy atom. The maximum atomic E-state index is 12.1. The first-order valence-electron chi connectivity index (χ1n) is 14.7. The van der Waals surface area contributed by atoms with Gasteiger partial charge in [-0.15, -0.1) is 0 Å². The molecule has 0 aromatic heterocycles. The van der Waals surface area contributed by atoms with Gasteiger partial charge in [0.15, 0.2) is 0 Å². The van der Waals surface area contributed by atoms with Crippen molar-refractivity contribution in [3.8, 4) is 0 Å². The van der Waals surface area contributed by atoms with Crippen LogP contribution in [0.4, 0.5) is 0 Å². The van der Waals surface area contributed by atoms with Crippen LogP contribution in [0, 0.1) is 17.8 Å². The number of unbranched alkanes of at least 4 members (excludes halogenated alkanes) is 1. The monoisotopic (exact) mass is 552 g/mol. The summed E-state index contributed by atoms with van der Waals surface area (Å²) < 4.78 is 17.9. The fourth-order valence-corrected chi connectivity index (χ4v) is 6.94. The highest BCUT2D eigenvalue weighted by molar-refractivity contribution is 5.69. The number of ether oxygens (including phenoxy) is 3. The smallest absolute Gasteiger partial charge is 0.305 e. The summed E-state index contributed by atoms with van der Waals surface area (Å²) in [7, 11) is 1.43. The Kier molecular flexibility index (Phi) is 9.35. The molecule has 4 atom stereocenters. The predicted octanol–water partition coefficient (Wildman–Crippen LogP) is 7.24. The van der Waals surface area contributed by atoms with Crippen LogP contribution in [0.2, 0.25) is 0 Å². The van der Waals surface area contributed by atoms with Gasteiger partial charge in [-0.2, -0.15) is 0 Å². The largest absolute Gasteiger partial charge is 0.469 e. The van der Waals surface area contributed by atoms with Gasteiger partial charge in [0.25, 0.3) is 0 Å². The summed E-state index contributed by atoms with van der Waals surface area (Å²) in [6.45, 7) is 1.97. The molecule has 0 N–H and O–H groups in total. The third-order valence-corrected chi connectivity index (χ3v) is 8.79. The van der Waals surface area contributed by atoms with Crippen LogP contribution in [0.1, 0.15) is 62.1 Å². The molecule has 5 rings (SSSR count). The highest BCUT2D eigenvalue weighted by Crippen LogP contribution is 2.52. The second kappa shape index (κ2) is 13.3. The quantitative estimate of drug-likeness (QED) is 0.109. The summed E-state index contributed by atoms with van der Waals surface area (Å²) in [4.78, 5) is 23.6. The Hall–Kier alpha value is -3.70. The molecule has 2 fully saturated rings. The van der Waals surface area contributed by atoms with Crippen LogP contribution in [-0.2, 0) is 29.4 Å².